The molecule has 1 amide bonds. The Morgan fingerprint density at radius 3 is 3.00 bits per heavy atom. The molecule has 3 nitrogen and oxygen atoms in total. The van der Waals surface area contributed by atoms with Crippen molar-refractivity contribution in [2.24, 2.45) is 0 Å². The molecular weight excluding hydrogens is 212 g/mol. The van der Waals surface area contributed by atoms with Crippen LogP contribution in [-0.2, 0) is 4.79 Å². The summed E-state index contributed by atoms with van der Waals surface area (Å²) in [6, 6.07) is 2.17. The molecule has 90 valence electrons. The van der Waals surface area contributed by atoms with Crippen LogP contribution in [0.15, 0.2) is 35.5 Å². The minimum Gasteiger partial charge on any atom is -0.346 e. The van der Waals surface area contributed by atoms with Gasteiger partial charge in [0.05, 0.1) is 6.07 Å². The standard InChI is InChI=1S/C14H18N2O/c1-2-16(12-17)10-4-7-13-5-3-6-14(11-15)9-8-13/h3,5,8-9,12H,2,4,6-7,10H2,1H3. The van der Waals surface area contributed by atoms with Crippen molar-refractivity contribution in [3.05, 3.63) is 35.5 Å². The van der Waals surface area contributed by atoms with E-state index in [2.05, 4.69) is 12.1 Å². The Hall–Kier alpha value is -1.82. The maximum Gasteiger partial charge on any atom is 0.209 e. The number of allylic oxidation sites excluding steroid dienone is 6. The van der Waals surface area contributed by atoms with E-state index in [1.54, 1.807) is 4.90 Å². The van der Waals surface area contributed by atoms with Gasteiger partial charge in [0.15, 0.2) is 0 Å². The molecule has 0 aliphatic heterocycles. The topological polar surface area (TPSA) is 44.1 Å². The number of nitriles is 1. The van der Waals surface area contributed by atoms with E-state index >= 15 is 0 Å². The fourth-order valence-electron chi connectivity index (χ4n) is 1.69. The van der Waals surface area contributed by atoms with Crippen LogP contribution in [0.5, 0.6) is 0 Å². The monoisotopic (exact) mass is 230 g/mol. The van der Waals surface area contributed by atoms with E-state index < -0.39 is 0 Å². The molecule has 0 atom stereocenters. The SMILES string of the molecule is CCN(C=O)CCCC1=CC=C(C#N)CC=C1. The number of nitrogens with zero attached hydrogens (tertiary/aromatic N) is 2. The highest BCUT2D eigenvalue weighted by Gasteiger charge is 2.01. The Morgan fingerprint density at radius 1 is 1.53 bits per heavy atom. The molecule has 0 heterocycles. The van der Waals surface area contributed by atoms with E-state index in [0.29, 0.717) is 6.42 Å². The lowest BCUT2D eigenvalue weighted by molar-refractivity contribution is -0.118. The van der Waals surface area contributed by atoms with E-state index in [-0.39, 0.29) is 0 Å². The Morgan fingerprint density at radius 2 is 2.35 bits per heavy atom. The molecule has 0 saturated carbocycles. The van der Waals surface area contributed by atoms with Crippen molar-refractivity contribution >= 4 is 6.41 Å². The first-order chi connectivity index (χ1) is 8.30. The quantitative estimate of drug-likeness (QED) is 0.658. The third kappa shape index (κ3) is 4.69. The van der Waals surface area contributed by atoms with Crippen LogP contribution in [0.25, 0.3) is 0 Å². The predicted molar refractivity (Wildman–Crippen MR) is 68.1 cm³/mol. The predicted octanol–water partition coefficient (Wildman–Crippen LogP) is 2.58. The Kier molecular flexibility index (Phi) is 5.81. The molecule has 0 aromatic carbocycles. The van der Waals surface area contributed by atoms with Crippen molar-refractivity contribution in [1.82, 2.24) is 4.90 Å². The average molecular weight is 230 g/mol. The van der Waals surface area contributed by atoms with Crippen LogP contribution in [0, 0.1) is 11.3 Å². The highest BCUT2D eigenvalue weighted by Crippen LogP contribution is 2.14. The Balaban J connectivity index is 2.42. The number of hydrogen-bond acceptors (Lipinski definition) is 2. The summed E-state index contributed by atoms with van der Waals surface area (Å²) in [6.45, 7) is 3.53. The van der Waals surface area contributed by atoms with Crippen LogP contribution in [0.3, 0.4) is 0 Å². The van der Waals surface area contributed by atoms with E-state index in [1.807, 2.05) is 25.2 Å². The molecule has 0 spiro atoms. The van der Waals surface area contributed by atoms with E-state index in [9.17, 15) is 4.79 Å². The van der Waals surface area contributed by atoms with Crippen LogP contribution in [0.2, 0.25) is 0 Å². The number of carbonyl (C=O) groups excluding carboxylic acids is 1. The van der Waals surface area contributed by atoms with Crippen LogP contribution in [-0.4, -0.2) is 24.4 Å². The van der Waals surface area contributed by atoms with Crippen molar-refractivity contribution in [2.45, 2.75) is 26.2 Å². The maximum atomic E-state index is 10.6. The van der Waals surface area contributed by atoms with Crippen LogP contribution in [0.4, 0.5) is 0 Å². The molecule has 0 radical (unpaired) electrons. The van der Waals surface area contributed by atoms with Gasteiger partial charge in [-0.2, -0.15) is 5.26 Å². The number of carbonyl (C=O) groups is 1. The fraction of sp³-hybridized carbons (Fsp3) is 0.429. The van der Waals surface area contributed by atoms with Gasteiger partial charge in [-0.15, -0.1) is 0 Å². The van der Waals surface area contributed by atoms with Gasteiger partial charge in [0.25, 0.3) is 0 Å². The summed E-state index contributed by atoms with van der Waals surface area (Å²) in [7, 11) is 0. The normalized spacial score (nSPS) is 14.4. The Bertz CT molecular complexity index is 386. The highest BCUT2D eigenvalue weighted by molar-refractivity contribution is 5.46. The van der Waals surface area contributed by atoms with Crippen molar-refractivity contribution in [2.75, 3.05) is 13.1 Å². The van der Waals surface area contributed by atoms with E-state index in [1.165, 1.54) is 5.57 Å². The van der Waals surface area contributed by atoms with Gasteiger partial charge in [0.1, 0.15) is 0 Å². The van der Waals surface area contributed by atoms with E-state index in [4.69, 9.17) is 5.26 Å². The third-order valence-corrected chi connectivity index (χ3v) is 2.78. The molecule has 17 heavy (non-hydrogen) atoms. The summed E-state index contributed by atoms with van der Waals surface area (Å²) in [5, 5.41) is 8.79. The van der Waals surface area contributed by atoms with Crippen molar-refractivity contribution in [1.29, 1.82) is 5.26 Å². The molecule has 3 heteroatoms. The van der Waals surface area contributed by atoms with Crippen LogP contribution >= 0.6 is 0 Å². The summed E-state index contributed by atoms with van der Waals surface area (Å²) >= 11 is 0. The molecule has 1 rings (SSSR count). The number of amides is 1. The van der Waals surface area contributed by atoms with Gasteiger partial charge in [-0.3, -0.25) is 4.79 Å². The summed E-state index contributed by atoms with van der Waals surface area (Å²) in [5.74, 6) is 0. The van der Waals surface area contributed by atoms with Gasteiger partial charge in [-0.05, 0) is 31.4 Å². The molecular formula is C14H18N2O. The number of rotatable bonds is 6. The minimum atomic E-state index is 0.714. The summed E-state index contributed by atoms with van der Waals surface area (Å²) in [6.07, 6.45) is 11.5. The highest BCUT2D eigenvalue weighted by atomic mass is 16.1. The van der Waals surface area contributed by atoms with Crippen LogP contribution in [0.1, 0.15) is 26.2 Å². The zero-order chi connectivity index (χ0) is 12.5. The first-order valence-electron chi connectivity index (χ1n) is 5.96. The fourth-order valence-corrected chi connectivity index (χ4v) is 1.69. The van der Waals surface area contributed by atoms with Gasteiger partial charge < -0.3 is 4.90 Å². The lowest BCUT2D eigenvalue weighted by Gasteiger charge is -2.14. The first-order valence-corrected chi connectivity index (χ1v) is 5.96. The third-order valence-electron chi connectivity index (χ3n) is 2.78. The second kappa shape index (κ2) is 7.45. The second-order valence-corrected chi connectivity index (χ2v) is 3.99. The molecule has 1 aliphatic rings. The largest absolute Gasteiger partial charge is 0.346 e. The molecule has 0 bridgehead atoms. The molecule has 1 aliphatic carbocycles. The average Bonchev–Trinajstić information content (AvgIpc) is 2.60. The minimum absolute atomic E-state index is 0.714. The summed E-state index contributed by atoms with van der Waals surface area (Å²) < 4.78 is 0. The molecule has 0 N–H and O–H groups in total. The van der Waals surface area contributed by atoms with E-state index in [0.717, 1.165) is 37.9 Å². The molecule has 0 aromatic heterocycles. The second-order valence-electron chi connectivity index (χ2n) is 3.99. The van der Waals surface area contributed by atoms with Crippen molar-refractivity contribution < 1.29 is 4.79 Å². The molecule has 0 aromatic rings. The molecule has 0 saturated heterocycles. The number of hydrogen-bond donors (Lipinski definition) is 0. The van der Waals surface area contributed by atoms with Gasteiger partial charge >= 0.3 is 0 Å². The summed E-state index contributed by atoms with van der Waals surface area (Å²) in [4.78, 5) is 12.4. The smallest absolute Gasteiger partial charge is 0.209 e. The van der Waals surface area contributed by atoms with Gasteiger partial charge in [-0.1, -0.05) is 18.2 Å². The summed E-state index contributed by atoms with van der Waals surface area (Å²) in [5.41, 5.74) is 2.01. The van der Waals surface area contributed by atoms with Crippen molar-refractivity contribution in [3.8, 4) is 6.07 Å². The van der Waals surface area contributed by atoms with Gasteiger partial charge in [0.2, 0.25) is 6.41 Å². The zero-order valence-electron chi connectivity index (χ0n) is 10.2. The maximum absolute atomic E-state index is 10.6. The molecule has 0 unspecified atom stereocenters. The lowest BCUT2D eigenvalue weighted by atomic mass is 10.1. The Labute approximate surface area is 103 Å². The van der Waals surface area contributed by atoms with Crippen molar-refractivity contribution in [3.63, 3.8) is 0 Å². The zero-order valence-corrected chi connectivity index (χ0v) is 10.2. The lowest BCUT2D eigenvalue weighted by Crippen LogP contribution is -2.22. The van der Waals surface area contributed by atoms with Crippen LogP contribution < -0.4 is 0 Å². The van der Waals surface area contributed by atoms with Gasteiger partial charge in [-0.25, -0.2) is 0 Å². The first kappa shape index (κ1) is 13.2. The molecule has 0 fully saturated rings. The van der Waals surface area contributed by atoms with Gasteiger partial charge in [0, 0.05) is 25.1 Å².